The van der Waals surface area contributed by atoms with Gasteiger partial charge in [0.25, 0.3) is 5.56 Å². The normalized spacial score (nSPS) is 16.7. The van der Waals surface area contributed by atoms with Gasteiger partial charge in [-0.25, -0.2) is 9.97 Å². The van der Waals surface area contributed by atoms with Crippen LogP contribution in [0.1, 0.15) is 72.4 Å². The predicted molar refractivity (Wildman–Crippen MR) is 169 cm³/mol. The van der Waals surface area contributed by atoms with Crippen molar-refractivity contribution < 1.29 is 4.79 Å². The first-order valence-electron chi connectivity index (χ1n) is 14.7. The van der Waals surface area contributed by atoms with Gasteiger partial charge in [0.2, 0.25) is 5.95 Å². The highest BCUT2D eigenvalue weighted by atomic mass is 35.5. The second kappa shape index (κ2) is 11.7. The van der Waals surface area contributed by atoms with E-state index in [2.05, 4.69) is 55.4 Å². The quantitative estimate of drug-likeness (QED) is 0.203. The maximum atomic E-state index is 13.5. The molecule has 1 aliphatic heterocycles. The van der Waals surface area contributed by atoms with Crippen LogP contribution >= 0.6 is 11.6 Å². The average Bonchev–Trinajstić information content (AvgIpc) is 3.52. The van der Waals surface area contributed by atoms with Gasteiger partial charge in [-0.15, -0.1) is 11.6 Å². The minimum atomic E-state index is -0.256. The van der Waals surface area contributed by atoms with E-state index in [-0.39, 0.29) is 28.3 Å². The minimum Gasteiger partial charge on any atom is -0.368 e. The lowest BCUT2D eigenvalue weighted by molar-refractivity contribution is 0.101. The summed E-state index contributed by atoms with van der Waals surface area (Å²) in [6, 6.07) is 12.5. The molecule has 1 atom stereocenters. The molecule has 0 unspecified atom stereocenters. The van der Waals surface area contributed by atoms with Crippen LogP contribution in [0.15, 0.2) is 53.6 Å². The highest BCUT2D eigenvalue weighted by Crippen LogP contribution is 2.32. The Morgan fingerprint density at radius 2 is 1.60 bits per heavy atom. The lowest BCUT2D eigenvalue weighted by Crippen LogP contribution is -2.46. The number of pyridine rings is 2. The first kappa shape index (κ1) is 28.2. The molecule has 3 aromatic heterocycles. The second-order valence-corrected chi connectivity index (χ2v) is 12.0. The van der Waals surface area contributed by atoms with Crippen molar-refractivity contribution in [1.29, 1.82) is 0 Å². The van der Waals surface area contributed by atoms with E-state index < -0.39 is 0 Å². The number of hydrogen-bond donors (Lipinski definition) is 1. The van der Waals surface area contributed by atoms with Crippen LogP contribution in [0.5, 0.6) is 0 Å². The summed E-state index contributed by atoms with van der Waals surface area (Å²) in [5.74, 6) is 0.763. The highest BCUT2D eigenvalue weighted by molar-refractivity contribution is 6.20. The molecule has 0 radical (unpaired) electrons. The SMILES string of the molecule is CC(=O)c1c(C)c2cnc(Nc3ccc(N4CCN(c5ccc([C@@H](C)Cl)cc5)CC4)cn3)nc2n(C2CCCC2)c1=O. The largest absolute Gasteiger partial charge is 0.368 e. The van der Waals surface area contributed by atoms with Crippen LogP contribution in [0.3, 0.4) is 0 Å². The molecule has 9 nitrogen and oxygen atoms in total. The third kappa shape index (κ3) is 5.45. The average molecular weight is 586 g/mol. The van der Waals surface area contributed by atoms with Crippen molar-refractivity contribution in [2.75, 3.05) is 41.3 Å². The van der Waals surface area contributed by atoms with Gasteiger partial charge in [0.1, 0.15) is 11.5 Å². The van der Waals surface area contributed by atoms with Gasteiger partial charge in [-0.05, 0) is 69.0 Å². The number of benzene rings is 1. The van der Waals surface area contributed by atoms with Gasteiger partial charge in [0, 0.05) is 49.5 Å². The summed E-state index contributed by atoms with van der Waals surface area (Å²) < 4.78 is 1.72. The van der Waals surface area contributed by atoms with Crippen LogP contribution < -0.4 is 20.7 Å². The molecule has 0 amide bonds. The van der Waals surface area contributed by atoms with Gasteiger partial charge in [-0.2, -0.15) is 4.98 Å². The van der Waals surface area contributed by atoms with E-state index in [1.807, 2.05) is 19.2 Å². The van der Waals surface area contributed by atoms with E-state index in [0.29, 0.717) is 23.0 Å². The van der Waals surface area contributed by atoms with Gasteiger partial charge in [0.05, 0.1) is 22.8 Å². The Kier molecular flexibility index (Phi) is 7.86. The number of rotatable bonds is 7. The number of carbonyl (C=O) groups excluding carboxylic acids is 1. The molecular weight excluding hydrogens is 550 g/mol. The molecule has 4 heterocycles. The molecule has 6 rings (SSSR count). The van der Waals surface area contributed by atoms with E-state index >= 15 is 0 Å². The zero-order valence-corrected chi connectivity index (χ0v) is 25.1. The molecule has 0 spiro atoms. The zero-order chi connectivity index (χ0) is 29.4. The van der Waals surface area contributed by atoms with E-state index in [4.69, 9.17) is 16.6 Å². The van der Waals surface area contributed by atoms with Crippen molar-refractivity contribution in [2.45, 2.75) is 57.9 Å². The zero-order valence-electron chi connectivity index (χ0n) is 24.3. The second-order valence-electron chi connectivity index (χ2n) is 11.3. The fourth-order valence-corrected chi connectivity index (χ4v) is 6.39. The van der Waals surface area contributed by atoms with Crippen molar-refractivity contribution in [3.05, 3.63) is 75.8 Å². The summed E-state index contributed by atoms with van der Waals surface area (Å²) in [5.41, 5.74) is 4.58. The Morgan fingerprint density at radius 3 is 2.19 bits per heavy atom. The van der Waals surface area contributed by atoms with Gasteiger partial charge in [-0.3, -0.25) is 14.2 Å². The molecular formula is C32H36ClN7O2. The monoisotopic (exact) mass is 585 g/mol. The Morgan fingerprint density at radius 1 is 0.952 bits per heavy atom. The lowest BCUT2D eigenvalue weighted by Gasteiger charge is -2.37. The van der Waals surface area contributed by atoms with E-state index in [1.165, 1.54) is 12.6 Å². The number of aryl methyl sites for hydroxylation is 1. The number of piperazine rings is 1. The van der Waals surface area contributed by atoms with Crippen LogP contribution in [0.25, 0.3) is 11.0 Å². The Balaban J connectivity index is 1.18. The van der Waals surface area contributed by atoms with Crippen molar-refractivity contribution in [3.8, 4) is 0 Å². The van der Waals surface area contributed by atoms with E-state index in [9.17, 15) is 9.59 Å². The molecule has 1 aliphatic carbocycles. The van der Waals surface area contributed by atoms with Crippen molar-refractivity contribution in [3.63, 3.8) is 0 Å². The number of nitrogens with one attached hydrogen (secondary N) is 1. The number of nitrogens with zero attached hydrogens (tertiary/aromatic N) is 6. The lowest BCUT2D eigenvalue weighted by atomic mass is 10.0. The molecule has 2 aliphatic rings. The Labute approximate surface area is 250 Å². The first-order valence-corrected chi connectivity index (χ1v) is 15.1. The Bertz CT molecular complexity index is 1650. The molecule has 1 saturated heterocycles. The van der Waals surface area contributed by atoms with Gasteiger partial charge >= 0.3 is 0 Å². The maximum Gasteiger partial charge on any atom is 0.263 e. The maximum absolute atomic E-state index is 13.5. The van der Waals surface area contributed by atoms with Gasteiger partial charge in [-0.1, -0.05) is 25.0 Å². The molecule has 2 fully saturated rings. The molecule has 1 aromatic carbocycles. The van der Waals surface area contributed by atoms with Crippen LogP contribution in [-0.2, 0) is 0 Å². The molecule has 42 heavy (non-hydrogen) atoms. The summed E-state index contributed by atoms with van der Waals surface area (Å²) in [6.07, 6.45) is 7.50. The smallest absolute Gasteiger partial charge is 0.263 e. The third-order valence-electron chi connectivity index (χ3n) is 8.60. The molecule has 0 bridgehead atoms. The summed E-state index contributed by atoms with van der Waals surface area (Å²) >= 11 is 6.20. The molecule has 1 N–H and O–H groups in total. The standard InChI is InChI=1S/C32H36ClN7O2/c1-20-27-19-35-32(37-30(27)40(25-6-4-5-7-25)31(42)29(20)22(3)41)36-28-13-12-26(18-34-28)39-16-14-38(15-17-39)24-10-8-23(9-11-24)21(2)33/h8-13,18-19,21,25H,4-7,14-17H2,1-3H3,(H,34,35,36,37)/t21-/m1/s1. The van der Waals surface area contributed by atoms with E-state index in [1.54, 1.807) is 17.7 Å². The van der Waals surface area contributed by atoms with Crippen LogP contribution in [0, 0.1) is 6.92 Å². The topological polar surface area (TPSA) is 96.2 Å². The fourth-order valence-electron chi connectivity index (χ4n) is 6.24. The van der Waals surface area contributed by atoms with Crippen molar-refractivity contribution >= 4 is 51.6 Å². The number of fused-ring (bicyclic) bond motifs is 1. The van der Waals surface area contributed by atoms with Crippen LogP contribution in [-0.4, -0.2) is 51.5 Å². The number of aromatic nitrogens is 4. The number of anilines is 4. The first-order chi connectivity index (χ1) is 20.3. The number of ketones is 1. The van der Waals surface area contributed by atoms with Crippen LogP contribution in [0.4, 0.5) is 23.1 Å². The summed E-state index contributed by atoms with van der Waals surface area (Å²) in [7, 11) is 0. The number of carbonyl (C=O) groups is 1. The molecule has 4 aromatic rings. The van der Waals surface area contributed by atoms with Crippen molar-refractivity contribution in [1.82, 2.24) is 19.5 Å². The highest BCUT2D eigenvalue weighted by Gasteiger charge is 2.26. The summed E-state index contributed by atoms with van der Waals surface area (Å²) in [5, 5.41) is 3.95. The predicted octanol–water partition coefficient (Wildman–Crippen LogP) is 6.18. The number of alkyl halides is 1. The molecule has 1 saturated carbocycles. The van der Waals surface area contributed by atoms with Gasteiger partial charge in [0.15, 0.2) is 5.78 Å². The third-order valence-corrected chi connectivity index (χ3v) is 8.85. The number of halogens is 1. The van der Waals surface area contributed by atoms with Crippen LogP contribution in [0.2, 0.25) is 0 Å². The number of Topliss-reactive ketones (excluding diaryl/α,β-unsaturated/α-hetero) is 1. The number of hydrogen-bond acceptors (Lipinski definition) is 8. The molecule has 10 heteroatoms. The van der Waals surface area contributed by atoms with Crippen molar-refractivity contribution in [2.24, 2.45) is 0 Å². The fraction of sp³-hybridized carbons (Fsp3) is 0.406. The Hall–Kier alpha value is -3.98. The molecule has 218 valence electrons. The van der Waals surface area contributed by atoms with Gasteiger partial charge < -0.3 is 15.1 Å². The summed E-state index contributed by atoms with van der Waals surface area (Å²) in [6.45, 7) is 8.88. The van der Waals surface area contributed by atoms with E-state index in [0.717, 1.165) is 68.5 Å². The summed E-state index contributed by atoms with van der Waals surface area (Å²) in [4.78, 5) is 44.5. The minimum absolute atomic E-state index is 0.0118.